The van der Waals surface area contributed by atoms with Crippen molar-refractivity contribution in [1.82, 2.24) is 4.48 Å². The first-order valence-electron chi connectivity index (χ1n) is 4.88. The van der Waals surface area contributed by atoms with Crippen LogP contribution in [0.2, 0.25) is 0 Å². The lowest BCUT2D eigenvalue weighted by atomic mass is 10.2. The molecule has 0 saturated heterocycles. The summed E-state index contributed by atoms with van der Waals surface area (Å²) in [5, 5.41) is 9.01. The number of para-hydroxylation sites is 1. The molecule has 0 aliphatic rings. The van der Waals surface area contributed by atoms with E-state index in [-0.39, 0.29) is 19.1 Å². The normalized spacial score (nSPS) is 14.5. The maximum absolute atomic E-state index is 11.0. The zero-order valence-corrected chi connectivity index (χ0v) is 8.89. The highest BCUT2D eigenvalue weighted by atomic mass is 16.3. The number of aliphatic hydroxyl groups excluding tert-OH is 1. The van der Waals surface area contributed by atoms with Gasteiger partial charge in [0.05, 0.1) is 13.7 Å². The van der Waals surface area contributed by atoms with Crippen molar-refractivity contribution in [1.29, 1.82) is 0 Å². The fourth-order valence-corrected chi connectivity index (χ4v) is 1.65. The molecule has 1 unspecified atom stereocenters. The Morgan fingerprint density at radius 2 is 2.00 bits per heavy atom. The molecule has 15 heavy (non-hydrogen) atoms. The van der Waals surface area contributed by atoms with Gasteiger partial charge in [0, 0.05) is 0 Å². The first-order valence-corrected chi connectivity index (χ1v) is 4.88. The molecule has 4 nitrogen and oxygen atoms in total. The number of amides is 1. The maximum atomic E-state index is 11.0. The second-order valence-electron chi connectivity index (χ2n) is 3.80. The van der Waals surface area contributed by atoms with E-state index in [2.05, 4.69) is 0 Å². The van der Waals surface area contributed by atoms with Crippen molar-refractivity contribution in [3.05, 3.63) is 30.3 Å². The van der Waals surface area contributed by atoms with Crippen molar-refractivity contribution in [3.8, 4) is 0 Å². The lowest BCUT2D eigenvalue weighted by Gasteiger charge is -2.32. The van der Waals surface area contributed by atoms with Gasteiger partial charge in [-0.3, -0.25) is 9.28 Å². The van der Waals surface area contributed by atoms with Gasteiger partial charge in [0.1, 0.15) is 12.2 Å². The van der Waals surface area contributed by atoms with Crippen LogP contribution in [0.5, 0.6) is 0 Å². The van der Waals surface area contributed by atoms with Crippen molar-refractivity contribution < 1.29 is 9.90 Å². The minimum absolute atomic E-state index is 0.0265. The zero-order valence-electron chi connectivity index (χ0n) is 8.89. The van der Waals surface area contributed by atoms with Gasteiger partial charge in [-0.05, 0) is 12.1 Å². The summed E-state index contributed by atoms with van der Waals surface area (Å²) in [6.07, 6.45) is 0. The first-order chi connectivity index (χ1) is 7.08. The van der Waals surface area contributed by atoms with Gasteiger partial charge >= 0.3 is 0 Å². The summed E-state index contributed by atoms with van der Waals surface area (Å²) in [7, 11) is 1.89. The number of primary amides is 1. The van der Waals surface area contributed by atoms with Crippen LogP contribution >= 0.6 is 0 Å². The Bertz CT molecular complexity index is 327. The number of rotatable bonds is 5. The van der Waals surface area contributed by atoms with E-state index in [9.17, 15) is 4.79 Å². The number of benzene rings is 1. The zero-order chi connectivity index (χ0) is 11.3. The van der Waals surface area contributed by atoms with E-state index in [1.165, 1.54) is 0 Å². The lowest BCUT2D eigenvalue weighted by molar-refractivity contribution is -0.118. The molecular formula is C11H17N2O2+. The lowest BCUT2D eigenvalue weighted by Crippen LogP contribution is -2.52. The number of quaternary nitrogens is 1. The predicted molar refractivity (Wildman–Crippen MR) is 60.2 cm³/mol. The number of carbonyl (C=O) groups is 1. The van der Waals surface area contributed by atoms with E-state index in [1.807, 2.05) is 37.4 Å². The van der Waals surface area contributed by atoms with Gasteiger partial charge in [-0.2, -0.15) is 0 Å². The van der Waals surface area contributed by atoms with E-state index in [1.54, 1.807) is 0 Å². The predicted octanol–water partition coefficient (Wildman–Crippen LogP) is 0.101. The van der Waals surface area contributed by atoms with Gasteiger partial charge in [-0.25, -0.2) is 0 Å². The number of nitrogens with zero attached hydrogens (tertiary/aromatic N) is 1. The van der Waals surface area contributed by atoms with Crippen molar-refractivity contribution in [2.75, 3.05) is 26.7 Å². The molecule has 1 aromatic carbocycles. The van der Waals surface area contributed by atoms with Crippen molar-refractivity contribution >= 4 is 11.6 Å². The molecule has 0 aromatic heterocycles. The Morgan fingerprint density at radius 3 is 2.47 bits per heavy atom. The topological polar surface area (TPSA) is 63.3 Å². The van der Waals surface area contributed by atoms with Crippen LogP contribution in [0, 0.1) is 0 Å². The van der Waals surface area contributed by atoms with E-state index >= 15 is 0 Å². The number of carbonyl (C=O) groups excluding carboxylic acids is 1. The molecule has 0 aliphatic heterocycles. The van der Waals surface area contributed by atoms with Crippen LogP contribution in [-0.4, -0.2) is 37.8 Å². The third-order valence-electron chi connectivity index (χ3n) is 2.48. The molecule has 1 rings (SSSR count). The van der Waals surface area contributed by atoms with E-state index in [0.717, 1.165) is 5.69 Å². The number of likely N-dealkylation sites (N-methyl/N-ethyl adjacent to an activating group) is 1. The van der Waals surface area contributed by atoms with Gasteiger partial charge in [-0.15, -0.1) is 0 Å². The Kier molecular flexibility index (Phi) is 3.82. The van der Waals surface area contributed by atoms with Gasteiger partial charge in [0.15, 0.2) is 6.54 Å². The molecular weight excluding hydrogens is 192 g/mol. The van der Waals surface area contributed by atoms with Crippen LogP contribution in [0.1, 0.15) is 0 Å². The van der Waals surface area contributed by atoms with Crippen LogP contribution in [0.4, 0.5) is 5.69 Å². The summed E-state index contributed by atoms with van der Waals surface area (Å²) in [6, 6.07) is 9.59. The molecule has 0 bridgehead atoms. The molecule has 1 aromatic rings. The number of hydrogen-bond donors (Lipinski definition) is 2. The highest BCUT2D eigenvalue weighted by Crippen LogP contribution is 2.19. The molecule has 0 aliphatic carbocycles. The fourth-order valence-electron chi connectivity index (χ4n) is 1.65. The van der Waals surface area contributed by atoms with E-state index in [4.69, 9.17) is 10.8 Å². The van der Waals surface area contributed by atoms with Crippen molar-refractivity contribution in [2.45, 2.75) is 0 Å². The third-order valence-corrected chi connectivity index (χ3v) is 2.48. The molecule has 0 radical (unpaired) electrons. The Morgan fingerprint density at radius 1 is 1.40 bits per heavy atom. The highest BCUT2D eigenvalue weighted by molar-refractivity contribution is 5.78. The molecule has 0 heterocycles. The van der Waals surface area contributed by atoms with E-state index < -0.39 is 0 Å². The van der Waals surface area contributed by atoms with Gasteiger partial charge in [-0.1, -0.05) is 18.2 Å². The Balaban J connectivity index is 2.95. The Labute approximate surface area is 89.5 Å². The molecule has 4 heteroatoms. The van der Waals surface area contributed by atoms with Gasteiger partial charge in [0.2, 0.25) is 0 Å². The van der Waals surface area contributed by atoms with Crippen molar-refractivity contribution in [3.63, 3.8) is 0 Å². The summed E-state index contributed by atoms with van der Waals surface area (Å²) >= 11 is 0. The molecule has 0 fully saturated rings. The summed E-state index contributed by atoms with van der Waals surface area (Å²) in [5.74, 6) is -0.366. The molecule has 1 amide bonds. The molecule has 3 N–H and O–H groups in total. The smallest absolute Gasteiger partial charge is 0.273 e. The summed E-state index contributed by atoms with van der Waals surface area (Å²) < 4.78 is 0.340. The highest BCUT2D eigenvalue weighted by Gasteiger charge is 2.26. The molecule has 0 spiro atoms. The SMILES string of the molecule is C[N+](CCO)(CC(N)=O)c1ccccc1. The second-order valence-corrected chi connectivity index (χ2v) is 3.80. The monoisotopic (exact) mass is 209 g/mol. The minimum atomic E-state index is -0.366. The second kappa shape index (κ2) is 4.91. The summed E-state index contributed by atoms with van der Waals surface area (Å²) in [4.78, 5) is 11.0. The Hall–Kier alpha value is -1.39. The molecule has 0 saturated carbocycles. The van der Waals surface area contributed by atoms with Crippen LogP contribution < -0.4 is 10.2 Å². The van der Waals surface area contributed by atoms with E-state index in [0.29, 0.717) is 11.0 Å². The van der Waals surface area contributed by atoms with Gasteiger partial charge < -0.3 is 10.8 Å². The van der Waals surface area contributed by atoms with Gasteiger partial charge in [0.25, 0.3) is 5.91 Å². The fraction of sp³-hybridized carbons (Fsp3) is 0.364. The summed E-state index contributed by atoms with van der Waals surface area (Å²) in [6.45, 7) is 0.705. The number of aliphatic hydroxyl groups is 1. The number of nitrogens with two attached hydrogens (primary N) is 1. The summed E-state index contributed by atoms with van der Waals surface area (Å²) in [5.41, 5.74) is 6.19. The van der Waals surface area contributed by atoms with Crippen LogP contribution in [-0.2, 0) is 4.79 Å². The van der Waals surface area contributed by atoms with Crippen LogP contribution in [0.25, 0.3) is 0 Å². The average Bonchev–Trinajstić information content (AvgIpc) is 2.18. The van der Waals surface area contributed by atoms with Crippen LogP contribution in [0.3, 0.4) is 0 Å². The standard InChI is InChI=1S/C11H16N2O2/c1-13(7-8-14,9-11(12)15)10-5-3-2-4-6-10/h2-6,14H,7-9H2,1H3,(H-,12,15)/p+1. The molecule has 82 valence electrons. The average molecular weight is 209 g/mol. The minimum Gasteiger partial charge on any atom is -0.390 e. The first kappa shape index (κ1) is 11.7. The van der Waals surface area contributed by atoms with Crippen molar-refractivity contribution in [2.24, 2.45) is 5.73 Å². The molecule has 1 atom stereocenters. The largest absolute Gasteiger partial charge is 0.390 e. The van der Waals surface area contributed by atoms with Crippen LogP contribution in [0.15, 0.2) is 30.3 Å². The maximum Gasteiger partial charge on any atom is 0.273 e. The third kappa shape index (κ3) is 3.04. The quantitative estimate of drug-likeness (QED) is 0.676. The number of hydrogen-bond acceptors (Lipinski definition) is 2.